The zero-order valence-electron chi connectivity index (χ0n) is 12.6. The summed E-state index contributed by atoms with van der Waals surface area (Å²) in [5.74, 6) is 0.592. The van der Waals surface area contributed by atoms with Gasteiger partial charge in [-0.2, -0.15) is 4.31 Å². The number of hydrogen-bond donors (Lipinski definition) is 0. The van der Waals surface area contributed by atoms with Gasteiger partial charge in [-0.3, -0.25) is 0 Å². The van der Waals surface area contributed by atoms with E-state index in [0.29, 0.717) is 15.3 Å². The van der Waals surface area contributed by atoms with Crippen LogP contribution in [0.3, 0.4) is 0 Å². The topological polar surface area (TPSA) is 37.4 Å². The largest absolute Gasteiger partial charge is 0.244 e. The zero-order chi connectivity index (χ0) is 15.8. The van der Waals surface area contributed by atoms with Crippen LogP contribution >= 0.6 is 31.9 Å². The van der Waals surface area contributed by atoms with E-state index in [4.69, 9.17) is 0 Å². The Bertz CT molecular complexity index is 631. The second-order valence-electron chi connectivity index (χ2n) is 5.98. The van der Waals surface area contributed by atoms with Crippen molar-refractivity contribution >= 4 is 41.9 Å². The Hall–Kier alpha value is 0.0900. The van der Waals surface area contributed by atoms with E-state index in [1.807, 2.05) is 13.0 Å². The van der Waals surface area contributed by atoms with Crippen LogP contribution in [0.1, 0.15) is 38.2 Å². The van der Waals surface area contributed by atoms with Crippen molar-refractivity contribution in [3.05, 3.63) is 26.6 Å². The number of nitrogens with zero attached hydrogens (tertiary/aromatic N) is 1. The molecule has 6 heteroatoms. The fourth-order valence-corrected chi connectivity index (χ4v) is 5.94. The fraction of sp³-hybridized carbons (Fsp3) is 0.600. The van der Waals surface area contributed by atoms with Gasteiger partial charge in [0.25, 0.3) is 0 Å². The van der Waals surface area contributed by atoms with Crippen LogP contribution in [0.15, 0.2) is 26.0 Å². The lowest BCUT2D eigenvalue weighted by molar-refractivity contribution is 0.239. The van der Waals surface area contributed by atoms with Gasteiger partial charge in [0.15, 0.2) is 0 Å². The van der Waals surface area contributed by atoms with E-state index >= 15 is 0 Å². The van der Waals surface area contributed by atoms with Crippen molar-refractivity contribution < 1.29 is 8.42 Å². The first-order valence-electron chi connectivity index (χ1n) is 7.17. The van der Waals surface area contributed by atoms with Gasteiger partial charge in [0, 0.05) is 22.0 Å². The van der Waals surface area contributed by atoms with E-state index in [-0.39, 0.29) is 6.04 Å². The predicted octanol–water partition coefficient (Wildman–Crippen LogP) is 4.72. The summed E-state index contributed by atoms with van der Waals surface area (Å²) in [5, 5.41) is 0. The minimum absolute atomic E-state index is 0.103. The summed E-state index contributed by atoms with van der Waals surface area (Å²) >= 11 is 6.82. The molecule has 118 valence electrons. The molecule has 1 aromatic rings. The van der Waals surface area contributed by atoms with Crippen LogP contribution in [0.25, 0.3) is 0 Å². The average Bonchev–Trinajstić information content (AvgIpc) is 2.41. The van der Waals surface area contributed by atoms with Gasteiger partial charge in [0.2, 0.25) is 10.0 Å². The highest BCUT2D eigenvalue weighted by Gasteiger charge is 2.32. The molecule has 2 unspecified atom stereocenters. The third-order valence-corrected chi connectivity index (χ3v) is 8.02. The van der Waals surface area contributed by atoms with Crippen molar-refractivity contribution in [1.29, 1.82) is 0 Å². The number of sulfonamides is 1. The summed E-state index contributed by atoms with van der Waals surface area (Å²) in [6.45, 7) is 4.14. The summed E-state index contributed by atoms with van der Waals surface area (Å²) in [7, 11) is -1.77. The Labute approximate surface area is 144 Å². The van der Waals surface area contributed by atoms with Gasteiger partial charge in [0.05, 0.1) is 4.90 Å². The molecule has 1 aliphatic rings. The predicted molar refractivity (Wildman–Crippen MR) is 92.9 cm³/mol. The molecule has 1 saturated carbocycles. The molecule has 0 amide bonds. The Morgan fingerprint density at radius 1 is 1.19 bits per heavy atom. The molecule has 0 N–H and O–H groups in total. The van der Waals surface area contributed by atoms with Crippen molar-refractivity contribution in [3.63, 3.8) is 0 Å². The van der Waals surface area contributed by atoms with E-state index in [1.54, 1.807) is 17.4 Å². The molecule has 3 nitrogen and oxygen atoms in total. The van der Waals surface area contributed by atoms with Crippen molar-refractivity contribution in [2.45, 2.75) is 50.5 Å². The van der Waals surface area contributed by atoms with Crippen LogP contribution in [-0.2, 0) is 10.0 Å². The molecular formula is C15H21Br2NO2S. The van der Waals surface area contributed by atoms with Crippen LogP contribution < -0.4 is 0 Å². The summed E-state index contributed by atoms with van der Waals surface area (Å²) in [6.07, 6.45) is 4.19. The smallest absolute Gasteiger partial charge is 0.207 e. The third kappa shape index (κ3) is 3.71. The normalized spacial score (nSPS) is 23.5. The summed E-state index contributed by atoms with van der Waals surface area (Å²) in [5.41, 5.74) is 1.01. The van der Waals surface area contributed by atoms with Crippen molar-refractivity contribution in [3.8, 4) is 0 Å². The maximum Gasteiger partial charge on any atom is 0.244 e. The second kappa shape index (κ2) is 6.69. The number of rotatable bonds is 3. The zero-order valence-corrected chi connectivity index (χ0v) is 16.6. The molecule has 0 heterocycles. The van der Waals surface area contributed by atoms with Gasteiger partial charge >= 0.3 is 0 Å². The van der Waals surface area contributed by atoms with Crippen molar-refractivity contribution in [2.24, 2.45) is 5.92 Å². The lowest BCUT2D eigenvalue weighted by Gasteiger charge is -2.33. The minimum Gasteiger partial charge on any atom is -0.207 e. The number of benzene rings is 1. The van der Waals surface area contributed by atoms with Gasteiger partial charge in [-0.15, -0.1) is 0 Å². The molecule has 0 aliphatic heterocycles. The molecule has 0 radical (unpaired) electrons. The maximum atomic E-state index is 12.9. The highest BCUT2D eigenvalue weighted by Crippen LogP contribution is 2.34. The van der Waals surface area contributed by atoms with E-state index < -0.39 is 10.0 Å². The summed E-state index contributed by atoms with van der Waals surface area (Å²) in [4.78, 5) is 0.334. The lowest BCUT2D eigenvalue weighted by Crippen LogP contribution is -2.39. The maximum absolute atomic E-state index is 12.9. The Morgan fingerprint density at radius 2 is 1.86 bits per heavy atom. The summed E-state index contributed by atoms with van der Waals surface area (Å²) in [6, 6.07) is 3.64. The Balaban J connectivity index is 2.35. The van der Waals surface area contributed by atoms with Crippen LogP contribution in [0.2, 0.25) is 0 Å². The first-order valence-corrected chi connectivity index (χ1v) is 10.2. The molecule has 0 saturated heterocycles. The average molecular weight is 439 g/mol. The number of halogens is 2. The van der Waals surface area contributed by atoms with Crippen LogP contribution in [0.5, 0.6) is 0 Å². The molecule has 0 bridgehead atoms. The van der Waals surface area contributed by atoms with E-state index in [0.717, 1.165) is 29.3 Å². The highest BCUT2D eigenvalue weighted by molar-refractivity contribution is 9.11. The Kier molecular flexibility index (Phi) is 5.55. The minimum atomic E-state index is -3.48. The first kappa shape index (κ1) is 17.4. The first-order chi connectivity index (χ1) is 9.73. The molecule has 1 aliphatic carbocycles. The SMILES string of the molecule is Cc1cc(Br)c(S(=O)(=O)N(C)C2CCCC(C)C2)cc1Br. The van der Waals surface area contributed by atoms with Gasteiger partial charge in [-0.1, -0.05) is 35.7 Å². The second-order valence-corrected chi connectivity index (χ2v) is 9.65. The van der Waals surface area contributed by atoms with Crippen LogP contribution in [0, 0.1) is 12.8 Å². The fourth-order valence-electron chi connectivity index (χ4n) is 2.91. The Morgan fingerprint density at radius 3 is 2.48 bits per heavy atom. The van der Waals surface area contributed by atoms with Crippen molar-refractivity contribution in [1.82, 2.24) is 4.31 Å². The monoisotopic (exact) mass is 437 g/mol. The molecule has 1 fully saturated rings. The quantitative estimate of drug-likeness (QED) is 0.684. The molecule has 2 rings (SSSR count). The number of hydrogen-bond acceptors (Lipinski definition) is 2. The van der Waals surface area contributed by atoms with Gasteiger partial charge < -0.3 is 0 Å². The van der Waals surface area contributed by atoms with Gasteiger partial charge in [0.1, 0.15) is 0 Å². The molecular weight excluding hydrogens is 418 g/mol. The van der Waals surface area contributed by atoms with E-state index in [9.17, 15) is 8.42 Å². The van der Waals surface area contributed by atoms with E-state index in [1.165, 1.54) is 6.42 Å². The van der Waals surface area contributed by atoms with Gasteiger partial charge in [-0.05, 0) is 59.3 Å². The standard InChI is InChI=1S/C15H21Br2NO2S/c1-10-5-4-6-12(7-10)18(3)21(19,20)15-9-13(16)11(2)8-14(15)17/h8-10,12H,4-7H2,1-3H3. The lowest BCUT2D eigenvalue weighted by atomic mass is 9.87. The molecule has 0 spiro atoms. The summed E-state index contributed by atoms with van der Waals surface area (Å²) < 4.78 is 28.8. The molecule has 2 atom stereocenters. The number of aryl methyl sites for hydroxylation is 1. The van der Waals surface area contributed by atoms with Crippen LogP contribution in [0.4, 0.5) is 0 Å². The van der Waals surface area contributed by atoms with Crippen LogP contribution in [-0.4, -0.2) is 25.8 Å². The van der Waals surface area contributed by atoms with E-state index in [2.05, 4.69) is 38.8 Å². The third-order valence-electron chi connectivity index (χ3n) is 4.29. The molecule has 21 heavy (non-hydrogen) atoms. The molecule has 1 aromatic carbocycles. The highest BCUT2D eigenvalue weighted by atomic mass is 79.9. The van der Waals surface area contributed by atoms with Crippen molar-refractivity contribution in [2.75, 3.05) is 7.05 Å². The van der Waals surface area contributed by atoms with Gasteiger partial charge in [-0.25, -0.2) is 8.42 Å². The molecule has 0 aromatic heterocycles.